The van der Waals surface area contributed by atoms with Gasteiger partial charge in [-0.1, -0.05) is 0 Å². The van der Waals surface area contributed by atoms with E-state index in [4.69, 9.17) is 0 Å². The van der Waals surface area contributed by atoms with Gasteiger partial charge in [0.05, 0.1) is 29.5 Å². The summed E-state index contributed by atoms with van der Waals surface area (Å²) in [5.41, 5.74) is 1.60. The van der Waals surface area contributed by atoms with E-state index in [1.54, 1.807) is 47.6 Å². The second kappa shape index (κ2) is 4.90. The van der Waals surface area contributed by atoms with Crippen LogP contribution in [0.1, 0.15) is 21.8 Å². The Hall–Kier alpha value is -3.07. The first kappa shape index (κ1) is 12.0. The summed E-state index contributed by atoms with van der Waals surface area (Å²) in [6, 6.07) is 5.36. The maximum atomic E-state index is 12.5. The standard InChI is InChI=1S/C14H9N5O/c15-7-11(10-1-3-16-4-2-10)14(20)12-8-18-19-6-5-17-9-13(12)19/h1-6,8-9,11H. The number of hydrogen-bond acceptors (Lipinski definition) is 5. The van der Waals surface area contributed by atoms with Gasteiger partial charge in [-0.3, -0.25) is 14.8 Å². The van der Waals surface area contributed by atoms with Crippen molar-refractivity contribution < 1.29 is 4.79 Å². The minimum Gasteiger partial charge on any atom is -0.292 e. The van der Waals surface area contributed by atoms with Gasteiger partial charge in [0.2, 0.25) is 0 Å². The van der Waals surface area contributed by atoms with Crippen molar-refractivity contribution in [1.29, 1.82) is 5.26 Å². The van der Waals surface area contributed by atoms with E-state index < -0.39 is 5.92 Å². The summed E-state index contributed by atoms with van der Waals surface area (Å²) < 4.78 is 1.56. The van der Waals surface area contributed by atoms with Gasteiger partial charge in [0.25, 0.3) is 0 Å². The van der Waals surface area contributed by atoms with E-state index in [1.807, 2.05) is 6.07 Å². The number of Topliss-reactive ketones (excluding diaryl/α,β-unsaturated/α-hetero) is 1. The Kier molecular flexibility index (Phi) is 2.94. The van der Waals surface area contributed by atoms with Crippen LogP contribution in [-0.4, -0.2) is 25.4 Å². The third kappa shape index (κ3) is 1.91. The summed E-state index contributed by atoms with van der Waals surface area (Å²) in [7, 11) is 0. The monoisotopic (exact) mass is 263 g/mol. The van der Waals surface area contributed by atoms with E-state index in [2.05, 4.69) is 15.1 Å². The van der Waals surface area contributed by atoms with Crippen molar-refractivity contribution >= 4 is 11.3 Å². The molecule has 0 saturated carbocycles. The Balaban J connectivity index is 2.06. The molecule has 3 aromatic rings. The van der Waals surface area contributed by atoms with E-state index in [0.717, 1.165) is 0 Å². The molecule has 0 radical (unpaired) electrons. The van der Waals surface area contributed by atoms with Crippen LogP contribution in [0.3, 0.4) is 0 Å². The normalized spacial score (nSPS) is 11.9. The minimum atomic E-state index is -0.869. The zero-order valence-corrected chi connectivity index (χ0v) is 10.3. The molecule has 6 nitrogen and oxygen atoms in total. The number of hydrogen-bond donors (Lipinski definition) is 0. The summed E-state index contributed by atoms with van der Waals surface area (Å²) in [4.78, 5) is 20.4. The number of carbonyl (C=O) groups is 1. The van der Waals surface area contributed by atoms with Crippen molar-refractivity contribution in [3.63, 3.8) is 0 Å². The van der Waals surface area contributed by atoms with Crippen LogP contribution in [0.4, 0.5) is 0 Å². The number of rotatable bonds is 3. The quantitative estimate of drug-likeness (QED) is 0.670. The van der Waals surface area contributed by atoms with Crippen molar-refractivity contribution in [2.75, 3.05) is 0 Å². The van der Waals surface area contributed by atoms with Crippen LogP contribution < -0.4 is 0 Å². The van der Waals surface area contributed by atoms with Gasteiger partial charge in [0.1, 0.15) is 5.92 Å². The van der Waals surface area contributed by atoms with Gasteiger partial charge in [0, 0.05) is 24.8 Å². The van der Waals surface area contributed by atoms with E-state index in [1.165, 1.54) is 6.20 Å². The Bertz CT molecular complexity index is 803. The van der Waals surface area contributed by atoms with Gasteiger partial charge in [-0.15, -0.1) is 0 Å². The van der Waals surface area contributed by atoms with E-state index >= 15 is 0 Å². The van der Waals surface area contributed by atoms with Crippen molar-refractivity contribution in [3.05, 3.63) is 60.4 Å². The molecule has 20 heavy (non-hydrogen) atoms. The average molecular weight is 263 g/mol. The van der Waals surface area contributed by atoms with Crippen molar-refractivity contribution in [2.24, 2.45) is 0 Å². The molecule has 0 amide bonds. The van der Waals surface area contributed by atoms with Gasteiger partial charge in [-0.05, 0) is 17.7 Å². The number of aromatic nitrogens is 4. The summed E-state index contributed by atoms with van der Waals surface area (Å²) in [5.74, 6) is -1.16. The predicted molar refractivity (Wildman–Crippen MR) is 69.9 cm³/mol. The highest BCUT2D eigenvalue weighted by Crippen LogP contribution is 2.22. The highest BCUT2D eigenvalue weighted by atomic mass is 16.1. The number of nitrogens with zero attached hydrogens (tertiary/aromatic N) is 5. The first-order valence-electron chi connectivity index (χ1n) is 5.92. The van der Waals surface area contributed by atoms with Crippen LogP contribution >= 0.6 is 0 Å². The third-order valence-electron chi connectivity index (χ3n) is 3.02. The van der Waals surface area contributed by atoms with Gasteiger partial charge in [-0.25, -0.2) is 4.52 Å². The Morgan fingerprint density at radius 3 is 2.75 bits per heavy atom. The van der Waals surface area contributed by atoms with Crippen LogP contribution in [0.2, 0.25) is 0 Å². The molecule has 96 valence electrons. The highest BCUT2D eigenvalue weighted by molar-refractivity contribution is 6.07. The molecule has 1 atom stereocenters. The average Bonchev–Trinajstić information content (AvgIpc) is 2.93. The lowest BCUT2D eigenvalue weighted by Gasteiger charge is -2.06. The van der Waals surface area contributed by atoms with Crippen molar-refractivity contribution in [3.8, 4) is 6.07 Å². The zero-order valence-electron chi connectivity index (χ0n) is 10.3. The fourth-order valence-electron chi connectivity index (χ4n) is 2.02. The molecule has 0 bridgehead atoms. The van der Waals surface area contributed by atoms with Crippen molar-refractivity contribution in [1.82, 2.24) is 19.6 Å². The molecule has 0 aromatic carbocycles. The number of pyridine rings is 1. The molecule has 3 heterocycles. The molecule has 0 aliphatic rings. The van der Waals surface area contributed by atoms with Crippen LogP contribution in [0, 0.1) is 11.3 Å². The largest absolute Gasteiger partial charge is 0.292 e. The third-order valence-corrected chi connectivity index (χ3v) is 3.02. The molecule has 1 unspecified atom stereocenters. The molecule has 0 fully saturated rings. The van der Waals surface area contributed by atoms with Crippen LogP contribution in [0.15, 0.2) is 49.3 Å². The summed E-state index contributed by atoms with van der Waals surface area (Å²) >= 11 is 0. The molecule has 6 heteroatoms. The summed E-state index contributed by atoms with van der Waals surface area (Å²) in [5, 5.41) is 13.4. The van der Waals surface area contributed by atoms with Gasteiger partial charge in [-0.2, -0.15) is 10.4 Å². The molecule has 0 spiro atoms. The summed E-state index contributed by atoms with van der Waals surface area (Å²) in [6.45, 7) is 0. The molecular weight excluding hydrogens is 254 g/mol. The molecule has 0 aliphatic heterocycles. The van der Waals surface area contributed by atoms with Gasteiger partial charge < -0.3 is 0 Å². The van der Waals surface area contributed by atoms with Crippen LogP contribution in [0.5, 0.6) is 0 Å². The minimum absolute atomic E-state index is 0.290. The van der Waals surface area contributed by atoms with Gasteiger partial charge in [0.15, 0.2) is 5.78 Å². The summed E-state index contributed by atoms with van der Waals surface area (Å²) in [6.07, 6.45) is 9.38. The molecule has 3 rings (SSSR count). The Morgan fingerprint density at radius 2 is 2.00 bits per heavy atom. The fraction of sp³-hybridized carbons (Fsp3) is 0.0714. The second-order valence-electron chi connectivity index (χ2n) is 4.17. The smallest absolute Gasteiger partial charge is 0.188 e. The number of carbonyl (C=O) groups excluding carboxylic acids is 1. The molecule has 0 saturated heterocycles. The molecule has 0 N–H and O–H groups in total. The maximum Gasteiger partial charge on any atom is 0.188 e. The van der Waals surface area contributed by atoms with E-state index in [9.17, 15) is 10.1 Å². The number of fused-ring (bicyclic) bond motifs is 1. The lowest BCUT2D eigenvalue weighted by molar-refractivity contribution is 0.0980. The topological polar surface area (TPSA) is 83.9 Å². The van der Waals surface area contributed by atoms with E-state index in [-0.39, 0.29) is 5.78 Å². The highest BCUT2D eigenvalue weighted by Gasteiger charge is 2.24. The van der Waals surface area contributed by atoms with E-state index in [0.29, 0.717) is 16.6 Å². The molecular formula is C14H9N5O. The maximum absolute atomic E-state index is 12.5. The van der Waals surface area contributed by atoms with Crippen LogP contribution in [-0.2, 0) is 0 Å². The fourth-order valence-corrected chi connectivity index (χ4v) is 2.02. The van der Waals surface area contributed by atoms with Gasteiger partial charge >= 0.3 is 0 Å². The number of ketones is 1. The molecule has 3 aromatic heterocycles. The lowest BCUT2D eigenvalue weighted by Crippen LogP contribution is -2.11. The zero-order chi connectivity index (χ0) is 13.9. The SMILES string of the molecule is N#CC(C(=O)c1cnn2ccncc12)c1ccncc1. The van der Waals surface area contributed by atoms with Crippen LogP contribution in [0.25, 0.3) is 5.52 Å². The first-order valence-corrected chi connectivity index (χ1v) is 5.92. The predicted octanol–water partition coefficient (Wildman–Crippen LogP) is 1.61. The second-order valence-corrected chi connectivity index (χ2v) is 4.17. The molecule has 0 aliphatic carbocycles. The Labute approximate surface area is 114 Å². The number of nitriles is 1. The van der Waals surface area contributed by atoms with Crippen molar-refractivity contribution in [2.45, 2.75) is 5.92 Å². The Morgan fingerprint density at radius 1 is 1.20 bits per heavy atom. The lowest BCUT2D eigenvalue weighted by atomic mass is 9.93. The first-order chi connectivity index (χ1) is 9.81.